The fourth-order valence-corrected chi connectivity index (χ4v) is 5.61. The van der Waals surface area contributed by atoms with Crippen LogP contribution in [0.1, 0.15) is 52.8 Å². The Morgan fingerprint density at radius 2 is 1.74 bits per heavy atom. The van der Waals surface area contributed by atoms with Crippen molar-refractivity contribution in [2.24, 2.45) is 5.41 Å². The number of benzene rings is 3. The average Bonchev–Trinajstić information content (AvgIpc) is 3.55. The SMILES string of the molecule is C[C@H]1CCCCN1CCOc1ccc2cc(-c3n[nH]c4ccc(-c5n[nH]c(CC(C)(C)C)n5)cc34)ccc2c1. The van der Waals surface area contributed by atoms with Gasteiger partial charge in [-0.1, -0.05) is 45.4 Å². The number of aromatic nitrogens is 5. The van der Waals surface area contributed by atoms with Gasteiger partial charge in [-0.05, 0) is 78.9 Å². The lowest BCUT2D eigenvalue weighted by Gasteiger charge is -2.33. The van der Waals surface area contributed by atoms with Gasteiger partial charge in [-0.15, -0.1) is 0 Å². The molecule has 1 fully saturated rings. The Hall–Kier alpha value is -3.71. The number of nitrogens with zero attached hydrogens (tertiary/aromatic N) is 4. The smallest absolute Gasteiger partial charge is 0.181 e. The van der Waals surface area contributed by atoms with Crippen LogP contribution >= 0.6 is 0 Å². The molecule has 0 spiro atoms. The summed E-state index contributed by atoms with van der Waals surface area (Å²) < 4.78 is 6.14. The van der Waals surface area contributed by atoms with Crippen LogP contribution in [-0.2, 0) is 6.42 Å². The molecule has 5 aromatic rings. The number of likely N-dealkylation sites (tertiary alicyclic amines) is 1. The summed E-state index contributed by atoms with van der Waals surface area (Å²) >= 11 is 0. The molecule has 2 aromatic heterocycles. The Bertz CT molecular complexity index is 1590. The molecule has 202 valence electrons. The lowest BCUT2D eigenvalue weighted by Crippen LogP contribution is -2.39. The predicted octanol–water partition coefficient (Wildman–Crippen LogP) is 7.01. The highest BCUT2D eigenvalue weighted by atomic mass is 16.5. The van der Waals surface area contributed by atoms with Crippen LogP contribution in [0.4, 0.5) is 0 Å². The summed E-state index contributed by atoms with van der Waals surface area (Å²) in [5, 5.41) is 18.8. The van der Waals surface area contributed by atoms with Crippen molar-refractivity contribution in [2.75, 3.05) is 19.7 Å². The quantitative estimate of drug-likeness (QED) is 0.240. The topological polar surface area (TPSA) is 82.7 Å². The number of H-pyrrole nitrogens is 2. The van der Waals surface area contributed by atoms with Crippen LogP contribution in [0.2, 0.25) is 0 Å². The maximum atomic E-state index is 6.14. The van der Waals surface area contributed by atoms with Crippen LogP contribution in [0.25, 0.3) is 44.3 Å². The maximum absolute atomic E-state index is 6.14. The summed E-state index contributed by atoms with van der Waals surface area (Å²) in [5.74, 6) is 2.54. The first-order chi connectivity index (χ1) is 18.8. The summed E-state index contributed by atoms with van der Waals surface area (Å²) in [6, 6.07) is 19.7. The van der Waals surface area contributed by atoms with Gasteiger partial charge < -0.3 is 4.74 Å². The number of piperidine rings is 1. The molecule has 3 aromatic carbocycles. The van der Waals surface area contributed by atoms with E-state index < -0.39 is 0 Å². The molecular formula is C32H38N6O. The molecule has 0 aliphatic carbocycles. The van der Waals surface area contributed by atoms with E-state index in [0.29, 0.717) is 11.9 Å². The molecule has 0 bridgehead atoms. The first kappa shape index (κ1) is 25.6. The van der Waals surface area contributed by atoms with E-state index in [2.05, 4.69) is 102 Å². The molecule has 7 nitrogen and oxygen atoms in total. The van der Waals surface area contributed by atoms with Crippen LogP contribution in [-0.4, -0.2) is 56.0 Å². The van der Waals surface area contributed by atoms with E-state index in [9.17, 15) is 0 Å². The number of rotatable bonds is 7. The van der Waals surface area contributed by atoms with Crippen molar-refractivity contribution < 1.29 is 4.74 Å². The van der Waals surface area contributed by atoms with Crippen molar-refractivity contribution in [2.45, 2.75) is 59.4 Å². The fraction of sp³-hybridized carbons (Fsp3) is 0.406. The van der Waals surface area contributed by atoms with Crippen molar-refractivity contribution in [3.05, 3.63) is 60.4 Å². The van der Waals surface area contributed by atoms with Gasteiger partial charge in [0.05, 0.1) is 11.2 Å². The zero-order chi connectivity index (χ0) is 27.0. The molecule has 6 rings (SSSR count). The van der Waals surface area contributed by atoms with Gasteiger partial charge in [-0.3, -0.25) is 15.1 Å². The Labute approximate surface area is 230 Å². The predicted molar refractivity (Wildman–Crippen MR) is 158 cm³/mol. The Balaban J connectivity index is 1.21. The Morgan fingerprint density at radius 1 is 0.923 bits per heavy atom. The number of ether oxygens (including phenoxy) is 1. The molecule has 0 amide bonds. The van der Waals surface area contributed by atoms with E-state index in [1.165, 1.54) is 25.8 Å². The molecule has 1 saturated heterocycles. The summed E-state index contributed by atoms with van der Waals surface area (Å²) in [4.78, 5) is 7.29. The van der Waals surface area contributed by atoms with Gasteiger partial charge >= 0.3 is 0 Å². The average molecular weight is 523 g/mol. The molecule has 1 atom stereocenters. The molecule has 39 heavy (non-hydrogen) atoms. The minimum Gasteiger partial charge on any atom is -0.492 e. The summed E-state index contributed by atoms with van der Waals surface area (Å²) in [6.45, 7) is 11.8. The third kappa shape index (κ3) is 5.69. The molecule has 0 radical (unpaired) electrons. The molecule has 1 aliphatic heterocycles. The van der Waals surface area contributed by atoms with E-state index in [1.54, 1.807) is 0 Å². The van der Waals surface area contributed by atoms with Gasteiger partial charge in [0, 0.05) is 35.5 Å². The maximum Gasteiger partial charge on any atom is 0.181 e. The number of aromatic amines is 2. The van der Waals surface area contributed by atoms with Gasteiger partial charge in [-0.25, -0.2) is 4.98 Å². The molecule has 0 unspecified atom stereocenters. The van der Waals surface area contributed by atoms with E-state index in [0.717, 1.165) is 69.6 Å². The minimum atomic E-state index is 0.146. The van der Waals surface area contributed by atoms with Gasteiger partial charge in [0.2, 0.25) is 0 Å². The number of hydrogen-bond acceptors (Lipinski definition) is 5. The monoisotopic (exact) mass is 522 g/mol. The largest absolute Gasteiger partial charge is 0.492 e. The van der Waals surface area contributed by atoms with E-state index in [-0.39, 0.29) is 5.41 Å². The van der Waals surface area contributed by atoms with Crippen LogP contribution in [0.5, 0.6) is 5.75 Å². The lowest BCUT2D eigenvalue weighted by atomic mass is 9.92. The van der Waals surface area contributed by atoms with Crippen molar-refractivity contribution in [1.82, 2.24) is 30.3 Å². The first-order valence-electron chi connectivity index (χ1n) is 14.1. The third-order valence-corrected chi connectivity index (χ3v) is 7.72. The van der Waals surface area contributed by atoms with Crippen LogP contribution in [0, 0.1) is 5.41 Å². The highest BCUT2D eigenvalue weighted by molar-refractivity contribution is 5.97. The zero-order valence-electron chi connectivity index (χ0n) is 23.4. The third-order valence-electron chi connectivity index (χ3n) is 7.72. The second-order valence-corrected chi connectivity index (χ2v) is 12.1. The molecule has 2 N–H and O–H groups in total. The second kappa shape index (κ2) is 10.5. The van der Waals surface area contributed by atoms with Crippen molar-refractivity contribution in [3.63, 3.8) is 0 Å². The van der Waals surface area contributed by atoms with E-state index >= 15 is 0 Å². The zero-order valence-corrected chi connectivity index (χ0v) is 23.4. The second-order valence-electron chi connectivity index (χ2n) is 12.1. The summed E-state index contributed by atoms with van der Waals surface area (Å²) in [5.41, 5.74) is 4.11. The molecular weight excluding hydrogens is 484 g/mol. The highest BCUT2D eigenvalue weighted by Gasteiger charge is 2.18. The van der Waals surface area contributed by atoms with E-state index in [1.807, 2.05) is 6.07 Å². The summed E-state index contributed by atoms with van der Waals surface area (Å²) in [7, 11) is 0. The molecule has 7 heteroatoms. The van der Waals surface area contributed by atoms with Gasteiger partial charge in [0.25, 0.3) is 0 Å². The lowest BCUT2D eigenvalue weighted by molar-refractivity contribution is 0.133. The summed E-state index contributed by atoms with van der Waals surface area (Å²) in [6.07, 6.45) is 4.79. The number of fused-ring (bicyclic) bond motifs is 2. The standard InChI is InChI=1S/C32H38N6O/c1-21-7-5-6-14-38(21)15-16-39-26-12-10-22-17-24(9-8-23(22)18-26)30-27-19-25(11-13-28(27)34-36-30)31-33-29(35-37-31)20-32(2,3)4/h8-13,17-19,21H,5-7,14-16,20H2,1-4H3,(H,34,36)(H,33,35,37)/t21-/m0/s1. The van der Waals surface area contributed by atoms with Gasteiger partial charge in [0.15, 0.2) is 5.82 Å². The molecule has 3 heterocycles. The highest BCUT2D eigenvalue weighted by Crippen LogP contribution is 2.32. The van der Waals surface area contributed by atoms with Crippen molar-refractivity contribution in [3.8, 4) is 28.4 Å². The number of nitrogens with one attached hydrogen (secondary N) is 2. The normalized spacial score (nSPS) is 16.8. The fourth-order valence-electron chi connectivity index (χ4n) is 5.61. The Kier molecular flexibility index (Phi) is 6.85. The van der Waals surface area contributed by atoms with Gasteiger partial charge in [-0.2, -0.15) is 10.2 Å². The first-order valence-corrected chi connectivity index (χ1v) is 14.1. The van der Waals surface area contributed by atoms with Gasteiger partial charge in [0.1, 0.15) is 18.2 Å². The molecule has 1 aliphatic rings. The minimum absolute atomic E-state index is 0.146. The Morgan fingerprint density at radius 3 is 2.59 bits per heavy atom. The van der Waals surface area contributed by atoms with Crippen molar-refractivity contribution >= 4 is 21.7 Å². The van der Waals surface area contributed by atoms with Crippen molar-refractivity contribution in [1.29, 1.82) is 0 Å². The van der Waals surface area contributed by atoms with Crippen LogP contribution in [0.3, 0.4) is 0 Å². The van der Waals surface area contributed by atoms with E-state index in [4.69, 9.17) is 9.72 Å². The van der Waals surface area contributed by atoms with Crippen LogP contribution in [0.15, 0.2) is 54.6 Å². The number of hydrogen-bond donors (Lipinski definition) is 2. The molecule has 0 saturated carbocycles. The van der Waals surface area contributed by atoms with Crippen LogP contribution < -0.4 is 4.74 Å².